The lowest BCUT2D eigenvalue weighted by Crippen LogP contribution is -2.29. The molecular formula is C21H22N4O4. The third kappa shape index (κ3) is 3.84. The fourth-order valence-electron chi connectivity index (χ4n) is 3.61. The first-order valence-corrected chi connectivity index (χ1v) is 9.67. The van der Waals surface area contributed by atoms with Crippen molar-refractivity contribution < 1.29 is 14.4 Å². The molecule has 0 aliphatic heterocycles. The molecule has 2 aromatic heterocycles. The van der Waals surface area contributed by atoms with Gasteiger partial charge in [0.25, 0.3) is 11.5 Å². The fourth-order valence-corrected chi connectivity index (χ4v) is 3.61. The molecule has 0 fully saturated rings. The first kappa shape index (κ1) is 19.1. The number of pyridine rings is 1. The molecule has 2 heterocycles. The van der Waals surface area contributed by atoms with Crippen LogP contribution in [-0.4, -0.2) is 32.3 Å². The number of amides is 1. The predicted molar refractivity (Wildman–Crippen MR) is 105 cm³/mol. The highest BCUT2D eigenvalue weighted by molar-refractivity contribution is 5.94. The quantitative estimate of drug-likeness (QED) is 0.660. The number of nitrogens with zero attached hydrogens (tertiary/aromatic N) is 3. The van der Waals surface area contributed by atoms with Crippen LogP contribution < -0.4 is 10.9 Å². The molecule has 1 atom stereocenters. The van der Waals surface area contributed by atoms with Crippen molar-refractivity contribution in [2.75, 3.05) is 6.61 Å². The number of carbonyl (C=O) groups excluding carboxylic acids is 1. The van der Waals surface area contributed by atoms with Crippen molar-refractivity contribution >= 4 is 5.91 Å². The molecule has 1 aliphatic carbocycles. The van der Waals surface area contributed by atoms with Crippen molar-refractivity contribution in [1.82, 2.24) is 20.0 Å². The van der Waals surface area contributed by atoms with Crippen molar-refractivity contribution in [2.45, 2.75) is 38.8 Å². The van der Waals surface area contributed by atoms with Crippen LogP contribution in [0.25, 0.3) is 11.4 Å². The van der Waals surface area contributed by atoms with E-state index in [1.165, 1.54) is 16.8 Å². The Morgan fingerprint density at radius 1 is 1.34 bits per heavy atom. The number of aryl methyl sites for hydroxylation is 2. The molecule has 0 saturated carbocycles. The van der Waals surface area contributed by atoms with Crippen LogP contribution in [0.4, 0.5) is 0 Å². The van der Waals surface area contributed by atoms with E-state index in [0.717, 1.165) is 29.5 Å². The molecule has 0 bridgehead atoms. The molecule has 0 spiro atoms. The monoisotopic (exact) mass is 394 g/mol. The molecule has 8 heteroatoms. The van der Waals surface area contributed by atoms with Gasteiger partial charge in [-0.1, -0.05) is 24.2 Å². The Labute approximate surface area is 167 Å². The summed E-state index contributed by atoms with van der Waals surface area (Å²) in [6.07, 6.45) is 3.84. The lowest BCUT2D eigenvalue weighted by atomic mass is 10.0. The van der Waals surface area contributed by atoms with E-state index in [0.29, 0.717) is 23.7 Å². The number of hydrogen-bond acceptors (Lipinski definition) is 6. The van der Waals surface area contributed by atoms with Gasteiger partial charge in [-0.05, 0) is 36.1 Å². The van der Waals surface area contributed by atoms with Crippen molar-refractivity contribution in [1.29, 1.82) is 0 Å². The van der Waals surface area contributed by atoms with Crippen LogP contribution in [0.3, 0.4) is 0 Å². The predicted octanol–water partition coefficient (Wildman–Crippen LogP) is 1.87. The highest BCUT2D eigenvalue weighted by Crippen LogP contribution is 2.33. The highest BCUT2D eigenvalue weighted by Gasteiger charge is 2.25. The standard InChI is InChI=1S/C21H22N4O4/c1-2-18-23-20(24-29-18)14-3-5-16-13(11-14)4-6-17(16)22-21(28)15-7-8-25(9-10-26)19(27)12-15/h3,5,7-8,11-12,17,26H,2,4,6,9-10H2,1H3,(H,22,28). The number of hydrogen-bond donors (Lipinski definition) is 2. The molecule has 8 nitrogen and oxygen atoms in total. The van der Waals surface area contributed by atoms with Crippen LogP contribution in [-0.2, 0) is 19.4 Å². The van der Waals surface area contributed by atoms with Crippen molar-refractivity contribution in [2.24, 2.45) is 0 Å². The first-order chi connectivity index (χ1) is 14.1. The van der Waals surface area contributed by atoms with Gasteiger partial charge in [-0.2, -0.15) is 4.98 Å². The van der Waals surface area contributed by atoms with Gasteiger partial charge in [0, 0.05) is 36.4 Å². The van der Waals surface area contributed by atoms with Crippen LogP contribution in [0.5, 0.6) is 0 Å². The van der Waals surface area contributed by atoms with Crippen LogP contribution in [0.2, 0.25) is 0 Å². The smallest absolute Gasteiger partial charge is 0.252 e. The summed E-state index contributed by atoms with van der Waals surface area (Å²) in [5, 5.41) is 16.0. The van der Waals surface area contributed by atoms with Gasteiger partial charge in [0.05, 0.1) is 12.6 Å². The highest BCUT2D eigenvalue weighted by atomic mass is 16.5. The number of benzene rings is 1. The lowest BCUT2D eigenvalue weighted by Gasteiger charge is -2.15. The van der Waals surface area contributed by atoms with E-state index in [1.54, 1.807) is 6.07 Å². The van der Waals surface area contributed by atoms with Gasteiger partial charge in [0.15, 0.2) is 0 Å². The van der Waals surface area contributed by atoms with Crippen LogP contribution in [0, 0.1) is 0 Å². The Morgan fingerprint density at radius 3 is 2.93 bits per heavy atom. The van der Waals surface area contributed by atoms with Gasteiger partial charge in [-0.15, -0.1) is 0 Å². The maximum absolute atomic E-state index is 12.6. The van der Waals surface area contributed by atoms with Crippen molar-refractivity contribution in [3.8, 4) is 11.4 Å². The molecule has 150 valence electrons. The minimum atomic E-state index is -0.310. The van der Waals surface area contributed by atoms with Crippen LogP contribution >= 0.6 is 0 Å². The maximum Gasteiger partial charge on any atom is 0.252 e. The average molecular weight is 394 g/mol. The van der Waals surface area contributed by atoms with E-state index in [4.69, 9.17) is 9.63 Å². The summed E-state index contributed by atoms with van der Waals surface area (Å²) in [6, 6.07) is 8.75. The van der Waals surface area contributed by atoms with E-state index in [-0.39, 0.29) is 30.7 Å². The van der Waals surface area contributed by atoms with Gasteiger partial charge in [-0.25, -0.2) is 0 Å². The zero-order valence-electron chi connectivity index (χ0n) is 16.1. The molecule has 1 unspecified atom stereocenters. The molecular weight excluding hydrogens is 372 g/mol. The van der Waals surface area contributed by atoms with E-state index in [2.05, 4.69) is 15.5 Å². The summed E-state index contributed by atoms with van der Waals surface area (Å²) < 4.78 is 6.55. The Bertz CT molecular complexity index is 1100. The number of carbonyl (C=O) groups is 1. The Kier molecular flexibility index (Phi) is 5.26. The SMILES string of the molecule is CCc1nc(-c2ccc3c(c2)CCC3NC(=O)c2ccn(CCO)c(=O)c2)no1. The molecule has 1 amide bonds. The van der Waals surface area contributed by atoms with Gasteiger partial charge < -0.3 is 19.5 Å². The molecule has 1 aromatic carbocycles. The van der Waals surface area contributed by atoms with E-state index in [9.17, 15) is 9.59 Å². The van der Waals surface area contributed by atoms with Crippen LogP contribution in [0.1, 0.15) is 46.8 Å². The van der Waals surface area contributed by atoms with Gasteiger partial charge in [0.1, 0.15) is 0 Å². The summed E-state index contributed by atoms with van der Waals surface area (Å²) in [4.78, 5) is 29.0. The fraction of sp³-hybridized carbons (Fsp3) is 0.333. The molecule has 3 aromatic rings. The number of rotatable bonds is 6. The van der Waals surface area contributed by atoms with Crippen molar-refractivity contribution in [3.63, 3.8) is 0 Å². The molecule has 29 heavy (non-hydrogen) atoms. The lowest BCUT2D eigenvalue weighted by molar-refractivity contribution is 0.0936. The number of fused-ring (bicyclic) bond motifs is 1. The second kappa shape index (κ2) is 8.00. The second-order valence-corrected chi connectivity index (χ2v) is 7.01. The molecule has 4 rings (SSSR count). The zero-order valence-corrected chi connectivity index (χ0v) is 16.1. The number of nitrogens with one attached hydrogen (secondary N) is 1. The third-order valence-electron chi connectivity index (χ3n) is 5.15. The Morgan fingerprint density at radius 2 is 2.21 bits per heavy atom. The molecule has 0 radical (unpaired) electrons. The topological polar surface area (TPSA) is 110 Å². The summed E-state index contributed by atoms with van der Waals surface area (Å²) in [7, 11) is 0. The normalized spacial score (nSPS) is 15.3. The van der Waals surface area contributed by atoms with Crippen LogP contribution in [0.15, 0.2) is 45.8 Å². The first-order valence-electron chi connectivity index (χ1n) is 9.67. The number of aliphatic hydroxyl groups is 1. The zero-order chi connectivity index (χ0) is 20.4. The van der Waals surface area contributed by atoms with Gasteiger partial charge >= 0.3 is 0 Å². The van der Waals surface area contributed by atoms with E-state index < -0.39 is 0 Å². The Hall–Kier alpha value is -3.26. The maximum atomic E-state index is 12.6. The average Bonchev–Trinajstić information content (AvgIpc) is 3.36. The minimum Gasteiger partial charge on any atom is -0.395 e. The summed E-state index contributed by atoms with van der Waals surface area (Å²) in [5.41, 5.74) is 3.11. The minimum absolute atomic E-state index is 0.108. The van der Waals surface area contributed by atoms with E-state index in [1.807, 2.05) is 25.1 Å². The summed E-state index contributed by atoms with van der Waals surface area (Å²) in [6.45, 7) is 2.04. The molecule has 2 N–H and O–H groups in total. The van der Waals surface area contributed by atoms with Gasteiger partial charge in [0.2, 0.25) is 11.7 Å². The van der Waals surface area contributed by atoms with Crippen molar-refractivity contribution in [3.05, 3.63) is 69.5 Å². The largest absolute Gasteiger partial charge is 0.395 e. The second-order valence-electron chi connectivity index (χ2n) is 7.01. The Balaban J connectivity index is 1.50. The summed E-state index contributed by atoms with van der Waals surface area (Å²) >= 11 is 0. The summed E-state index contributed by atoms with van der Waals surface area (Å²) in [5.74, 6) is 0.887. The third-order valence-corrected chi connectivity index (χ3v) is 5.15. The molecule has 0 saturated heterocycles. The van der Waals surface area contributed by atoms with E-state index >= 15 is 0 Å². The van der Waals surface area contributed by atoms with Gasteiger partial charge in [-0.3, -0.25) is 9.59 Å². The number of aromatic nitrogens is 3. The number of aliphatic hydroxyl groups excluding tert-OH is 1. The molecule has 1 aliphatic rings.